The van der Waals surface area contributed by atoms with Gasteiger partial charge < -0.3 is 19.5 Å². The minimum absolute atomic E-state index is 0.0106. The lowest BCUT2D eigenvalue weighted by atomic mass is 9.97. The molecule has 0 aliphatic carbocycles. The minimum Gasteiger partial charge on any atom is -0.466 e. The van der Waals surface area contributed by atoms with Crippen molar-refractivity contribution >= 4 is 11.9 Å². The highest BCUT2D eigenvalue weighted by Crippen LogP contribution is 2.10. The van der Waals surface area contributed by atoms with E-state index in [9.17, 15) is 9.59 Å². The SMILES string of the molecule is C#CC(C)CC(C)C(=O)NCCOCCOCCC(=O)OCCCC. The van der Waals surface area contributed by atoms with E-state index in [-0.39, 0.29) is 30.1 Å². The molecule has 1 amide bonds. The maximum Gasteiger partial charge on any atom is 0.308 e. The molecule has 2 unspecified atom stereocenters. The summed E-state index contributed by atoms with van der Waals surface area (Å²) in [6, 6.07) is 0. The van der Waals surface area contributed by atoms with E-state index in [0.29, 0.717) is 46.0 Å². The van der Waals surface area contributed by atoms with Crippen LogP contribution >= 0.6 is 0 Å². The highest BCUT2D eigenvalue weighted by atomic mass is 16.5. The highest BCUT2D eigenvalue weighted by Gasteiger charge is 2.14. The Labute approximate surface area is 152 Å². The molecular weight excluding hydrogens is 322 g/mol. The van der Waals surface area contributed by atoms with Crippen LogP contribution in [0.4, 0.5) is 0 Å². The molecule has 6 nitrogen and oxygen atoms in total. The molecule has 0 bridgehead atoms. The molecule has 25 heavy (non-hydrogen) atoms. The number of unbranched alkanes of at least 4 members (excludes halogenated alkanes) is 1. The van der Waals surface area contributed by atoms with Gasteiger partial charge in [-0.25, -0.2) is 0 Å². The summed E-state index contributed by atoms with van der Waals surface area (Å²) in [5, 5.41) is 2.82. The molecule has 0 saturated carbocycles. The van der Waals surface area contributed by atoms with E-state index in [1.165, 1.54) is 0 Å². The average Bonchev–Trinajstić information content (AvgIpc) is 2.60. The van der Waals surface area contributed by atoms with Crippen molar-refractivity contribution in [1.82, 2.24) is 5.32 Å². The molecule has 0 spiro atoms. The van der Waals surface area contributed by atoms with Gasteiger partial charge in [0.05, 0.1) is 39.5 Å². The van der Waals surface area contributed by atoms with Crippen molar-refractivity contribution in [3.8, 4) is 12.3 Å². The smallest absolute Gasteiger partial charge is 0.308 e. The number of carbonyl (C=O) groups excluding carboxylic acids is 2. The Morgan fingerprint density at radius 1 is 1.08 bits per heavy atom. The van der Waals surface area contributed by atoms with Crippen LogP contribution in [0.15, 0.2) is 0 Å². The van der Waals surface area contributed by atoms with Crippen LogP contribution < -0.4 is 5.32 Å². The van der Waals surface area contributed by atoms with Crippen LogP contribution in [0.2, 0.25) is 0 Å². The van der Waals surface area contributed by atoms with Crippen LogP contribution in [0.25, 0.3) is 0 Å². The van der Waals surface area contributed by atoms with Gasteiger partial charge in [-0.05, 0) is 12.8 Å². The van der Waals surface area contributed by atoms with Gasteiger partial charge >= 0.3 is 5.97 Å². The molecule has 0 fully saturated rings. The number of terminal acetylenes is 1. The van der Waals surface area contributed by atoms with Crippen molar-refractivity contribution in [3.05, 3.63) is 0 Å². The van der Waals surface area contributed by atoms with Gasteiger partial charge in [0.2, 0.25) is 5.91 Å². The van der Waals surface area contributed by atoms with E-state index in [2.05, 4.69) is 11.2 Å². The van der Waals surface area contributed by atoms with Crippen molar-refractivity contribution in [2.75, 3.05) is 39.6 Å². The molecule has 0 aromatic carbocycles. The first-order chi connectivity index (χ1) is 12.0. The molecule has 0 aliphatic rings. The number of rotatable bonds is 15. The third kappa shape index (κ3) is 14.5. The number of hydrogen-bond donors (Lipinski definition) is 1. The molecular formula is C19H33NO5. The van der Waals surface area contributed by atoms with E-state index >= 15 is 0 Å². The van der Waals surface area contributed by atoms with E-state index in [4.69, 9.17) is 20.6 Å². The second kappa shape index (κ2) is 15.9. The van der Waals surface area contributed by atoms with Crippen molar-refractivity contribution in [2.45, 2.75) is 46.5 Å². The van der Waals surface area contributed by atoms with Crippen molar-refractivity contribution in [1.29, 1.82) is 0 Å². The normalized spacial score (nSPS) is 12.9. The monoisotopic (exact) mass is 355 g/mol. The van der Waals surface area contributed by atoms with Crippen molar-refractivity contribution in [3.63, 3.8) is 0 Å². The number of ether oxygens (including phenoxy) is 3. The largest absolute Gasteiger partial charge is 0.466 e. The summed E-state index contributed by atoms with van der Waals surface area (Å²) < 4.78 is 15.7. The molecule has 0 saturated heterocycles. The molecule has 0 aromatic heterocycles. The van der Waals surface area contributed by atoms with Gasteiger partial charge in [0.1, 0.15) is 0 Å². The zero-order chi connectivity index (χ0) is 18.9. The predicted octanol–water partition coefficient (Wildman–Crippen LogP) is 2.16. The Kier molecular flexibility index (Phi) is 14.9. The number of nitrogens with one attached hydrogen (secondary N) is 1. The van der Waals surface area contributed by atoms with Gasteiger partial charge in [-0.3, -0.25) is 9.59 Å². The number of hydrogen-bond acceptors (Lipinski definition) is 5. The third-order valence-corrected chi connectivity index (χ3v) is 3.57. The number of carbonyl (C=O) groups is 2. The lowest BCUT2D eigenvalue weighted by Gasteiger charge is -2.13. The Morgan fingerprint density at radius 3 is 2.40 bits per heavy atom. The summed E-state index contributed by atoms with van der Waals surface area (Å²) in [5.74, 6) is 2.37. The maximum absolute atomic E-state index is 11.8. The number of amides is 1. The second-order valence-electron chi connectivity index (χ2n) is 6.04. The first-order valence-electron chi connectivity index (χ1n) is 9.06. The van der Waals surface area contributed by atoms with Crippen LogP contribution in [0.5, 0.6) is 0 Å². The Hall–Kier alpha value is -1.58. The predicted molar refractivity (Wildman–Crippen MR) is 96.9 cm³/mol. The van der Waals surface area contributed by atoms with Crippen LogP contribution in [-0.2, 0) is 23.8 Å². The van der Waals surface area contributed by atoms with E-state index < -0.39 is 0 Å². The fraction of sp³-hybridized carbons (Fsp3) is 0.789. The standard InChI is InChI=1S/C19H33NO5/c1-5-7-10-25-18(21)8-11-23-13-14-24-12-9-20-19(22)17(4)15-16(3)6-2/h2,16-17H,5,7-15H2,1,3-4H3,(H,20,22). The van der Waals surface area contributed by atoms with Crippen molar-refractivity contribution < 1.29 is 23.8 Å². The summed E-state index contributed by atoms with van der Waals surface area (Å²) >= 11 is 0. The minimum atomic E-state index is -0.231. The Balaban J connectivity index is 3.43. The van der Waals surface area contributed by atoms with Gasteiger partial charge in [0.25, 0.3) is 0 Å². The molecule has 0 heterocycles. The lowest BCUT2D eigenvalue weighted by molar-refractivity contribution is -0.145. The molecule has 0 radical (unpaired) electrons. The summed E-state index contributed by atoms with van der Waals surface area (Å²) in [5.41, 5.74) is 0. The Bertz CT molecular complexity index is 405. The summed E-state index contributed by atoms with van der Waals surface area (Å²) in [4.78, 5) is 23.1. The van der Waals surface area contributed by atoms with Crippen LogP contribution in [0.1, 0.15) is 46.5 Å². The van der Waals surface area contributed by atoms with E-state index in [1.807, 2.05) is 20.8 Å². The summed E-state index contributed by atoms with van der Waals surface area (Å²) in [6.45, 7) is 8.35. The molecule has 6 heteroatoms. The van der Waals surface area contributed by atoms with Crippen LogP contribution in [0.3, 0.4) is 0 Å². The second-order valence-corrected chi connectivity index (χ2v) is 6.04. The first-order valence-corrected chi connectivity index (χ1v) is 9.06. The first kappa shape index (κ1) is 23.4. The van der Waals surface area contributed by atoms with E-state index in [1.54, 1.807) is 0 Å². The molecule has 0 aromatic rings. The molecule has 1 N–H and O–H groups in total. The zero-order valence-electron chi connectivity index (χ0n) is 15.8. The van der Waals surface area contributed by atoms with E-state index in [0.717, 1.165) is 12.8 Å². The zero-order valence-corrected chi connectivity index (χ0v) is 15.8. The van der Waals surface area contributed by atoms with Crippen molar-refractivity contribution in [2.24, 2.45) is 11.8 Å². The maximum atomic E-state index is 11.8. The highest BCUT2D eigenvalue weighted by molar-refractivity contribution is 5.78. The average molecular weight is 355 g/mol. The quantitative estimate of drug-likeness (QED) is 0.277. The molecule has 144 valence electrons. The van der Waals surface area contributed by atoms with Crippen LogP contribution in [-0.4, -0.2) is 51.5 Å². The van der Waals surface area contributed by atoms with Gasteiger partial charge in [0, 0.05) is 18.4 Å². The van der Waals surface area contributed by atoms with Gasteiger partial charge in [-0.2, -0.15) is 0 Å². The molecule has 2 atom stereocenters. The fourth-order valence-electron chi connectivity index (χ4n) is 2.01. The lowest BCUT2D eigenvalue weighted by Crippen LogP contribution is -2.32. The Morgan fingerprint density at radius 2 is 1.76 bits per heavy atom. The number of esters is 1. The fourth-order valence-corrected chi connectivity index (χ4v) is 2.01. The third-order valence-electron chi connectivity index (χ3n) is 3.57. The molecule has 0 aliphatic heterocycles. The van der Waals surface area contributed by atoms with Gasteiger partial charge in [-0.1, -0.05) is 27.2 Å². The topological polar surface area (TPSA) is 73.9 Å². The summed E-state index contributed by atoms with van der Waals surface area (Å²) in [6.07, 6.45) is 8.14. The van der Waals surface area contributed by atoms with Crippen LogP contribution in [0, 0.1) is 24.2 Å². The van der Waals surface area contributed by atoms with Gasteiger partial charge in [0.15, 0.2) is 0 Å². The van der Waals surface area contributed by atoms with Gasteiger partial charge in [-0.15, -0.1) is 12.3 Å². The summed E-state index contributed by atoms with van der Waals surface area (Å²) in [7, 11) is 0. The molecule has 0 rings (SSSR count).